The summed E-state index contributed by atoms with van der Waals surface area (Å²) in [5.41, 5.74) is 0.979. The van der Waals surface area contributed by atoms with Gasteiger partial charge in [-0.05, 0) is 0 Å². The first-order valence-corrected chi connectivity index (χ1v) is 2.67. The molecule has 0 bridgehead atoms. The number of hydrogen-bond acceptors (Lipinski definition) is 1. The summed E-state index contributed by atoms with van der Waals surface area (Å²) in [6.45, 7) is 2.40. The van der Waals surface area contributed by atoms with E-state index in [-0.39, 0.29) is 32.7 Å². The van der Waals surface area contributed by atoms with Crippen molar-refractivity contribution in [1.29, 1.82) is 0 Å². The van der Waals surface area contributed by atoms with Crippen LogP contribution in [0, 0.1) is 13.0 Å². The molecule has 0 saturated carbocycles. The molecule has 0 unspecified atom stereocenters. The van der Waals surface area contributed by atoms with Crippen molar-refractivity contribution in [2.45, 2.75) is 6.92 Å². The summed E-state index contributed by atoms with van der Waals surface area (Å²) in [4.78, 5) is 8.24. The van der Waals surface area contributed by atoms with E-state index in [0.29, 0.717) is 12.5 Å². The van der Waals surface area contributed by atoms with Crippen molar-refractivity contribution in [2.24, 2.45) is 0 Å². The van der Waals surface area contributed by atoms with Gasteiger partial charge in [0.25, 0.3) is 0 Å². The fraction of sp³-hybridized carbons (Fsp3) is 0.125. The van der Waals surface area contributed by atoms with Gasteiger partial charge in [-0.3, -0.25) is 0 Å². The third-order valence-corrected chi connectivity index (χ3v) is 0.790. The Morgan fingerprint density at radius 1 is 1.82 bits per heavy atom. The predicted octanol–water partition coefficient (Wildman–Crippen LogP) is 1.40. The minimum atomic E-state index is 0. The van der Waals surface area contributed by atoms with E-state index < -0.39 is 0 Å². The average Bonchev–Trinajstić information content (AvgIpc) is 1.97. The van der Waals surface area contributed by atoms with Crippen LogP contribution in [0.2, 0.25) is 0 Å². The molecule has 0 fully saturated rings. The fourth-order valence-electron chi connectivity index (χ4n) is 0.436. The Bertz CT molecular complexity index is 207. The second-order valence-corrected chi connectivity index (χ2v) is 1.56. The molecule has 0 saturated heterocycles. The summed E-state index contributed by atoms with van der Waals surface area (Å²) in [7, 11) is 0. The van der Waals surface area contributed by atoms with Crippen LogP contribution in [0.4, 0.5) is 0 Å². The minimum absolute atomic E-state index is 0. The zero-order valence-corrected chi connectivity index (χ0v) is 9.00. The summed E-state index contributed by atoms with van der Waals surface area (Å²) in [6, 6.07) is 8.75. The molecule has 1 N–H and O–H groups in total. The molecule has 0 spiro atoms. The molecule has 3 heteroatoms. The maximum atomic E-state index is 8.24. The van der Waals surface area contributed by atoms with Crippen LogP contribution in [0.5, 0.6) is 0 Å². The first kappa shape index (κ1) is 10.8. The zero-order valence-electron chi connectivity index (χ0n) is 7.16. The summed E-state index contributed by atoms with van der Waals surface area (Å²) >= 11 is 0. The van der Waals surface area contributed by atoms with Crippen molar-refractivity contribution in [3.05, 3.63) is 35.9 Å². The summed E-state index contributed by atoms with van der Waals surface area (Å²) in [5, 5.41) is 6.76. The van der Waals surface area contributed by atoms with E-state index in [1.165, 1.54) is 0 Å². The molecule has 1 radical (unpaired) electrons. The SMILES string of the molecule is O=[C-]O.[2H]c1cc[c-]cc1C.[Y]. The van der Waals surface area contributed by atoms with Crippen LogP contribution in [-0.4, -0.2) is 11.6 Å². The molecule has 0 aliphatic carbocycles. The van der Waals surface area contributed by atoms with Gasteiger partial charge < -0.3 is 9.90 Å². The van der Waals surface area contributed by atoms with Crippen LogP contribution in [-0.2, 0) is 37.5 Å². The predicted molar refractivity (Wildman–Crippen MR) is 38.3 cm³/mol. The molecule has 1 rings (SSSR count). The van der Waals surface area contributed by atoms with Gasteiger partial charge in [0.15, 0.2) is 0 Å². The second-order valence-electron chi connectivity index (χ2n) is 1.56. The molecule has 57 valence electrons. The number of benzene rings is 1. The maximum Gasteiger partial charge on any atom is 0.0339 e. The standard InChI is InChI=1S/C7H7.CHO2.Y/c1-7-5-3-2-4-6-7;2-1-3;/h2-3,5-6H,1H3;(H,2,3);/q2*-1;/i5D;;. The summed E-state index contributed by atoms with van der Waals surface area (Å²) in [6.07, 6.45) is 0. The maximum absolute atomic E-state index is 8.24. The van der Waals surface area contributed by atoms with E-state index >= 15 is 0 Å². The van der Waals surface area contributed by atoms with Gasteiger partial charge in [-0.25, -0.2) is 0 Å². The molecule has 0 heterocycles. The van der Waals surface area contributed by atoms with Gasteiger partial charge in [-0.1, -0.05) is 13.4 Å². The Labute approximate surface area is 92.9 Å². The Hall–Kier alpha value is -0.206. The van der Waals surface area contributed by atoms with Gasteiger partial charge in [-0.2, -0.15) is 35.9 Å². The number of aryl methyl sites for hydroxylation is 1. The van der Waals surface area contributed by atoms with Crippen LogP contribution >= 0.6 is 0 Å². The topological polar surface area (TPSA) is 37.3 Å². The summed E-state index contributed by atoms with van der Waals surface area (Å²) in [5.74, 6) is 0. The van der Waals surface area contributed by atoms with Gasteiger partial charge in [0, 0.05) is 34.1 Å². The fourth-order valence-corrected chi connectivity index (χ4v) is 0.436. The smallest absolute Gasteiger partial charge is 0.0339 e. The van der Waals surface area contributed by atoms with Crippen LogP contribution < -0.4 is 0 Å². The second kappa shape index (κ2) is 9.79. The Kier molecular flexibility index (Phi) is 9.61. The molecule has 1 aromatic carbocycles. The van der Waals surface area contributed by atoms with Crippen LogP contribution in [0.25, 0.3) is 0 Å². The molecule has 0 amide bonds. The quantitative estimate of drug-likeness (QED) is 0.679. The van der Waals surface area contributed by atoms with Crippen molar-refractivity contribution in [3.63, 3.8) is 0 Å². The minimum Gasteiger partial charge on any atom is -0.665 e. The van der Waals surface area contributed by atoms with Gasteiger partial charge in [-0.15, -0.1) is 0 Å². The van der Waals surface area contributed by atoms with E-state index in [4.69, 9.17) is 11.3 Å². The normalized spacial score (nSPS) is 7.91. The first-order valence-electron chi connectivity index (χ1n) is 3.17. The van der Waals surface area contributed by atoms with Gasteiger partial charge >= 0.3 is 0 Å². The molecule has 0 aliphatic rings. The van der Waals surface area contributed by atoms with E-state index in [9.17, 15) is 0 Å². The average molecular weight is 226 g/mol. The van der Waals surface area contributed by atoms with E-state index in [1.54, 1.807) is 12.1 Å². The van der Waals surface area contributed by atoms with E-state index in [2.05, 4.69) is 6.07 Å². The van der Waals surface area contributed by atoms with Crippen LogP contribution in [0.3, 0.4) is 0 Å². The van der Waals surface area contributed by atoms with Crippen molar-refractivity contribution in [2.75, 3.05) is 0 Å². The zero-order chi connectivity index (χ0) is 8.69. The molecule has 0 aliphatic heterocycles. The Morgan fingerprint density at radius 2 is 2.36 bits per heavy atom. The number of hydrogen-bond donors (Lipinski definition) is 1. The largest absolute Gasteiger partial charge is 0.665 e. The van der Waals surface area contributed by atoms with Gasteiger partial charge in [0.05, 0.1) is 0 Å². The van der Waals surface area contributed by atoms with Gasteiger partial charge in [0.1, 0.15) is 0 Å². The molecule has 0 atom stereocenters. The van der Waals surface area contributed by atoms with Crippen molar-refractivity contribution in [3.8, 4) is 0 Å². The summed E-state index contributed by atoms with van der Waals surface area (Å²) < 4.78 is 7.20. The molecule has 2 nitrogen and oxygen atoms in total. The van der Waals surface area contributed by atoms with E-state index in [1.807, 2.05) is 13.0 Å². The van der Waals surface area contributed by atoms with Crippen LogP contribution in [0.1, 0.15) is 6.93 Å². The molecule has 11 heavy (non-hydrogen) atoms. The molecular weight excluding hydrogens is 217 g/mol. The Morgan fingerprint density at radius 3 is 2.64 bits per heavy atom. The monoisotopic (exact) mass is 226 g/mol. The van der Waals surface area contributed by atoms with Crippen molar-refractivity contribution < 1.29 is 44.0 Å². The third-order valence-electron chi connectivity index (χ3n) is 0.790. The molecule has 0 aromatic heterocycles. The first-order chi connectivity index (χ1) is 5.22. The Balaban J connectivity index is 0. The van der Waals surface area contributed by atoms with Gasteiger partial charge in [0.2, 0.25) is 0 Å². The molecular formula is C8H8O2Y-2. The van der Waals surface area contributed by atoms with Crippen LogP contribution in [0.15, 0.2) is 24.2 Å². The van der Waals surface area contributed by atoms with E-state index in [0.717, 1.165) is 5.56 Å². The molecule has 1 aromatic rings. The third kappa shape index (κ3) is 9.79. The number of rotatable bonds is 0. The van der Waals surface area contributed by atoms with Crippen molar-refractivity contribution >= 4 is 6.47 Å². The van der Waals surface area contributed by atoms with Crippen molar-refractivity contribution in [1.82, 2.24) is 0 Å². The number of aliphatic hydroxyl groups excluding tert-OH is 1.